The van der Waals surface area contributed by atoms with Gasteiger partial charge >= 0.3 is 5.51 Å². The normalized spacial score (nSPS) is 21.1. The number of piperazine rings is 1. The van der Waals surface area contributed by atoms with Gasteiger partial charge in [-0.2, -0.15) is 13.2 Å². The van der Waals surface area contributed by atoms with Crippen LogP contribution in [0.5, 0.6) is 0 Å². The highest BCUT2D eigenvalue weighted by atomic mass is 35.5. The van der Waals surface area contributed by atoms with Crippen LogP contribution in [0.25, 0.3) is 22.4 Å². The van der Waals surface area contributed by atoms with Gasteiger partial charge in [0.15, 0.2) is 0 Å². The average Bonchev–Trinajstić information content (AvgIpc) is 3.54. The molecule has 17 heteroatoms. The van der Waals surface area contributed by atoms with E-state index in [9.17, 15) is 31.5 Å². The minimum absolute atomic E-state index is 0.107. The maximum Gasteiger partial charge on any atom is 0.501 e. The van der Waals surface area contributed by atoms with Gasteiger partial charge in [-0.3, -0.25) is 4.79 Å². The third-order valence-corrected chi connectivity index (χ3v) is 14.9. The first-order valence-corrected chi connectivity index (χ1v) is 23.9. The van der Waals surface area contributed by atoms with Crippen molar-refractivity contribution in [3.8, 4) is 22.4 Å². The molecule has 5 N–H and O–H groups in total. The van der Waals surface area contributed by atoms with Gasteiger partial charge in [0.25, 0.3) is 15.7 Å². The first-order chi connectivity index (χ1) is 30.8. The number of aliphatic hydroxyl groups is 1. The quantitative estimate of drug-likeness (QED) is 0.0575. The zero-order valence-electron chi connectivity index (χ0n) is 36.3. The average molecular weight is 947 g/mol. The van der Waals surface area contributed by atoms with E-state index in [-0.39, 0.29) is 23.3 Å². The zero-order valence-corrected chi connectivity index (χ0v) is 38.7. The second kappa shape index (κ2) is 18.1. The molecule has 0 radical (unpaired) electrons. The summed E-state index contributed by atoms with van der Waals surface area (Å²) in [6, 6.07) is 28.5. The summed E-state index contributed by atoms with van der Waals surface area (Å²) in [6.07, 6.45) is 7.69. The van der Waals surface area contributed by atoms with E-state index in [4.69, 9.17) is 11.6 Å². The number of anilines is 3. The van der Waals surface area contributed by atoms with Gasteiger partial charge in [0.05, 0.1) is 33.8 Å². The number of aromatic nitrogens is 1. The minimum Gasteiger partial charge on any atom is -0.390 e. The fourth-order valence-corrected chi connectivity index (χ4v) is 10.5. The molecule has 3 aliphatic rings. The standard InChI is InChI=1S/C48H51ClF3N7O4S2/c1-31-42(45(60)53-36-29-47(3,61)30-36)43(44(57(31)4)32-13-15-34(49)16-14-32)33-9-8-10-38(27-33)59-25-23-58(24-26-59)37-19-21-46(2,22-20-37)56-54-35-17-18-40(55-64-39-11-6-5-7-12-39)41(28-35)65(62,63)48(50,51)52/h5-21,27-28,36,54-56,61H,22-26,29-30H2,1-4H3,(H,53,60). The van der Waals surface area contributed by atoms with Gasteiger partial charge < -0.3 is 34.9 Å². The van der Waals surface area contributed by atoms with Gasteiger partial charge in [0, 0.05) is 71.8 Å². The third kappa shape index (κ3) is 9.92. The van der Waals surface area contributed by atoms with Crippen molar-refractivity contribution in [1.29, 1.82) is 0 Å². The second-order valence-electron chi connectivity index (χ2n) is 17.4. The molecule has 342 valence electrons. The van der Waals surface area contributed by atoms with Crippen molar-refractivity contribution in [2.24, 2.45) is 7.05 Å². The topological polar surface area (TPSA) is 131 Å². The molecular formula is C48H51ClF3N7O4S2. The Morgan fingerprint density at radius 2 is 1.58 bits per heavy atom. The molecule has 1 amide bonds. The first-order valence-electron chi connectivity index (χ1n) is 21.3. The molecule has 4 aromatic carbocycles. The number of halogens is 4. The molecule has 1 aromatic heterocycles. The van der Waals surface area contributed by atoms with Crippen LogP contribution in [-0.2, 0) is 16.9 Å². The lowest BCUT2D eigenvalue weighted by molar-refractivity contribution is -0.0436. The number of hydrogen-bond donors (Lipinski definition) is 5. The lowest BCUT2D eigenvalue weighted by Gasteiger charge is -2.41. The molecular weight excluding hydrogens is 895 g/mol. The highest BCUT2D eigenvalue weighted by Crippen LogP contribution is 2.42. The number of alkyl halides is 3. The molecule has 0 bridgehead atoms. The highest BCUT2D eigenvalue weighted by molar-refractivity contribution is 8.00. The number of nitrogens with zero attached hydrogens (tertiary/aromatic N) is 3. The Morgan fingerprint density at radius 1 is 0.892 bits per heavy atom. The third-order valence-electron chi connectivity index (χ3n) is 12.3. The van der Waals surface area contributed by atoms with E-state index in [1.807, 2.05) is 69.4 Å². The van der Waals surface area contributed by atoms with E-state index >= 15 is 0 Å². The summed E-state index contributed by atoms with van der Waals surface area (Å²) in [5.41, 5.74) is 6.29. The monoisotopic (exact) mass is 945 g/mol. The predicted octanol–water partition coefficient (Wildman–Crippen LogP) is 9.72. The summed E-state index contributed by atoms with van der Waals surface area (Å²) < 4.78 is 71.5. The van der Waals surface area contributed by atoms with Crippen molar-refractivity contribution in [3.05, 3.63) is 137 Å². The Bertz CT molecular complexity index is 2750. The second-order valence-corrected chi connectivity index (χ2v) is 20.6. The summed E-state index contributed by atoms with van der Waals surface area (Å²) in [5, 5.41) is 14.1. The Kier molecular flexibility index (Phi) is 12.9. The van der Waals surface area contributed by atoms with Crippen LogP contribution in [0, 0.1) is 6.92 Å². The molecule has 2 aliphatic carbocycles. The molecule has 2 fully saturated rings. The number of hydrogen-bond acceptors (Lipinski definition) is 10. The van der Waals surface area contributed by atoms with Gasteiger partial charge in [-0.05, 0) is 124 Å². The van der Waals surface area contributed by atoms with E-state index in [0.717, 1.165) is 83.7 Å². The molecule has 1 atom stereocenters. The van der Waals surface area contributed by atoms with Crippen LogP contribution in [0.1, 0.15) is 49.2 Å². The Labute approximate surface area is 386 Å². The maximum absolute atomic E-state index is 14.1. The number of carbonyl (C=O) groups is 1. The molecule has 2 heterocycles. The number of benzene rings is 4. The van der Waals surface area contributed by atoms with Crippen LogP contribution < -0.4 is 25.8 Å². The van der Waals surface area contributed by atoms with Gasteiger partial charge in [0.1, 0.15) is 4.90 Å². The smallest absolute Gasteiger partial charge is 0.390 e. The largest absolute Gasteiger partial charge is 0.501 e. The van der Waals surface area contributed by atoms with Crippen LogP contribution in [0.3, 0.4) is 0 Å². The summed E-state index contributed by atoms with van der Waals surface area (Å²) >= 11 is 7.30. The van der Waals surface area contributed by atoms with Crippen molar-refractivity contribution < 1.29 is 31.5 Å². The number of amides is 1. The van der Waals surface area contributed by atoms with Gasteiger partial charge in [-0.25, -0.2) is 13.8 Å². The minimum atomic E-state index is -5.68. The first kappa shape index (κ1) is 46.2. The Hall–Kier alpha value is -5.39. The number of hydrazine groups is 1. The molecule has 65 heavy (non-hydrogen) atoms. The van der Waals surface area contributed by atoms with E-state index in [1.54, 1.807) is 37.3 Å². The summed E-state index contributed by atoms with van der Waals surface area (Å²) in [5.74, 6) is -0.171. The number of carbonyl (C=O) groups excluding carboxylic acids is 1. The Morgan fingerprint density at radius 3 is 2.23 bits per heavy atom. The molecule has 8 rings (SSSR count). The predicted molar refractivity (Wildman–Crippen MR) is 254 cm³/mol. The molecule has 1 aliphatic heterocycles. The summed E-state index contributed by atoms with van der Waals surface area (Å²) in [6.45, 7) is 8.67. The van der Waals surface area contributed by atoms with Gasteiger partial charge in [-0.15, -0.1) is 0 Å². The fraction of sp³-hybridized carbons (Fsp3) is 0.312. The number of nitrogens with one attached hydrogen (secondary N) is 4. The van der Waals surface area contributed by atoms with E-state index in [0.29, 0.717) is 34.7 Å². The molecule has 1 saturated carbocycles. The van der Waals surface area contributed by atoms with Gasteiger partial charge in [0.2, 0.25) is 0 Å². The fourth-order valence-electron chi connectivity index (χ4n) is 8.65. The zero-order chi connectivity index (χ0) is 46.3. The van der Waals surface area contributed by atoms with E-state index in [2.05, 4.69) is 53.5 Å². The van der Waals surface area contributed by atoms with Crippen molar-refractivity contribution in [2.75, 3.05) is 41.2 Å². The molecule has 1 saturated heterocycles. The Balaban J connectivity index is 0.935. The maximum atomic E-state index is 14.1. The molecule has 1 unspecified atom stereocenters. The van der Waals surface area contributed by atoms with E-state index in [1.165, 1.54) is 12.1 Å². The van der Waals surface area contributed by atoms with Crippen LogP contribution in [-0.4, -0.2) is 77.8 Å². The van der Waals surface area contributed by atoms with Crippen molar-refractivity contribution in [2.45, 2.75) is 72.5 Å². The van der Waals surface area contributed by atoms with Gasteiger partial charge in [-0.1, -0.05) is 66.2 Å². The van der Waals surface area contributed by atoms with Crippen LogP contribution >= 0.6 is 23.5 Å². The van der Waals surface area contributed by atoms with Crippen LogP contribution in [0.15, 0.2) is 131 Å². The van der Waals surface area contributed by atoms with Crippen LogP contribution in [0.4, 0.5) is 30.2 Å². The number of rotatable bonds is 13. The summed E-state index contributed by atoms with van der Waals surface area (Å²) in [7, 11) is -3.71. The number of sulfone groups is 1. The number of allylic oxidation sites excluding steroid dienone is 1. The lowest BCUT2D eigenvalue weighted by Crippen LogP contribution is -2.53. The van der Waals surface area contributed by atoms with Crippen molar-refractivity contribution >= 4 is 56.4 Å². The molecule has 11 nitrogen and oxygen atoms in total. The van der Waals surface area contributed by atoms with E-state index < -0.39 is 31.4 Å². The van der Waals surface area contributed by atoms with Crippen molar-refractivity contribution in [3.63, 3.8) is 0 Å². The SMILES string of the molecule is Cc1c(C(=O)NC2CC(C)(O)C2)c(-c2cccc(N3CCN(C4=CCC(C)(NNc5ccc(NSc6ccccc6)c(S(=O)(=O)C(F)(F)F)c5)C=C4)CC3)c2)c(-c2ccc(Cl)cc2)n1C. The highest BCUT2D eigenvalue weighted by Gasteiger charge is 2.48. The van der Waals surface area contributed by atoms with Crippen LogP contribution in [0.2, 0.25) is 5.02 Å². The molecule has 0 spiro atoms. The van der Waals surface area contributed by atoms with Crippen molar-refractivity contribution in [1.82, 2.24) is 20.2 Å². The molecule has 5 aromatic rings. The lowest BCUT2D eigenvalue weighted by atomic mass is 9.77. The summed E-state index contributed by atoms with van der Waals surface area (Å²) in [4.78, 5) is 18.5.